The molecular formula is C26H23NO5. The molecule has 162 valence electrons. The monoisotopic (exact) mass is 429 g/mol. The van der Waals surface area contributed by atoms with Crippen LogP contribution in [0.5, 0.6) is 11.5 Å². The minimum absolute atomic E-state index is 0.0535. The molecule has 3 aromatic rings. The van der Waals surface area contributed by atoms with Crippen LogP contribution in [-0.4, -0.2) is 23.8 Å². The topological polar surface area (TPSA) is 84.9 Å². The highest BCUT2D eigenvalue weighted by molar-refractivity contribution is 6.02. The fraction of sp³-hybridized carbons (Fsp3) is 0.231. The van der Waals surface area contributed by atoms with Crippen molar-refractivity contribution < 1.29 is 24.2 Å². The van der Waals surface area contributed by atoms with Gasteiger partial charge in [-0.3, -0.25) is 4.79 Å². The summed E-state index contributed by atoms with van der Waals surface area (Å²) in [5, 5.41) is 12.5. The number of ether oxygens (including phenoxy) is 2. The van der Waals surface area contributed by atoms with E-state index in [-0.39, 0.29) is 18.3 Å². The molecule has 6 heteroatoms. The number of aromatic carboxylic acids is 1. The number of carbonyl (C=O) groups excluding carboxylic acids is 1. The molecule has 5 rings (SSSR count). The average Bonchev–Trinajstić information content (AvgIpc) is 3.46. The Morgan fingerprint density at radius 2 is 1.72 bits per heavy atom. The van der Waals surface area contributed by atoms with E-state index >= 15 is 0 Å². The lowest BCUT2D eigenvalue weighted by Crippen LogP contribution is -2.27. The van der Waals surface area contributed by atoms with Crippen LogP contribution in [0.25, 0.3) is 11.1 Å². The van der Waals surface area contributed by atoms with Gasteiger partial charge in [0.05, 0.1) is 11.0 Å². The number of hydrogen-bond acceptors (Lipinski definition) is 4. The van der Waals surface area contributed by atoms with E-state index in [0.29, 0.717) is 22.7 Å². The van der Waals surface area contributed by atoms with Crippen molar-refractivity contribution in [2.75, 3.05) is 12.1 Å². The summed E-state index contributed by atoms with van der Waals surface area (Å²) in [5.74, 6) is 0.369. The van der Waals surface area contributed by atoms with E-state index in [2.05, 4.69) is 5.32 Å². The summed E-state index contributed by atoms with van der Waals surface area (Å²) >= 11 is 0. The molecule has 32 heavy (non-hydrogen) atoms. The first-order chi connectivity index (χ1) is 15.4. The Bertz CT molecular complexity index is 1260. The van der Waals surface area contributed by atoms with Gasteiger partial charge in [-0.15, -0.1) is 0 Å². The molecule has 0 aromatic heterocycles. The van der Waals surface area contributed by atoms with Crippen LogP contribution in [-0.2, 0) is 10.2 Å². The normalized spacial score (nSPS) is 15.3. The van der Waals surface area contributed by atoms with Crippen LogP contribution in [0.2, 0.25) is 0 Å². The molecule has 0 atom stereocenters. The maximum absolute atomic E-state index is 13.3. The van der Waals surface area contributed by atoms with E-state index in [1.54, 1.807) is 12.1 Å². The molecule has 1 amide bonds. The van der Waals surface area contributed by atoms with E-state index < -0.39 is 11.4 Å². The third kappa shape index (κ3) is 3.28. The Balaban J connectivity index is 1.44. The highest BCUT2D eigenvalue weighted by Crippen LogP contribution is 2.51. The second kappa shape index (κ2) is 7.41. The van der Waals surface area contributed by atoms with Gasteiger partial charge in [-0.25, -0.2) is 4.79 Å². The van der Waals surface area contributed by atoms with Crippen molar-refractivity contribution >= 4 is 17.6 Å². The molecule has 0 radical (unpaired) electrons. The number of nitrogens with one attached hydrogen (secondary N) is 1. The zero-order chi connectivity index (χ0) is 22.5. The van der Waals surface area contributed by atoms with Crippen LogP contribution in [0.4, 0.5) is 5.69 Å². The predicted molar refractivity (Wildman–Crippen MR) is 120 cm³/mol. The van der Waals surface area contributed by atoms with Gasteiger partial charge < -0.3 is 19.9 Å². The number of aryl methyl sites for hydroxylation is 1. The molecule has 2 aliphatic rings. The maximum Gasteiger partial charge on any atom is 0.335 e. The second-order valence-corrected chi connectivity index (χ2v) is 8.42. The van der Waals surface area contributed by atoms with Crippen molar-refractivity contribution in [3.63, 3.8) is 0 Å². The Labute approximate surface area is 185 Å². The van der Waals surface area contributed by atoms with Crippen molar-refractivity contribution in [2.24, 2.45) is 0 Å². The van der Waals surface area contributed by atoms with Crippen LogP contribution >= 0.6 is 0 Å². The number of carboxylic acids is 1. The first-order valence-electron chi connectivity index (χ1n) is 10.5. The molecule has 0 unspecified atom stereocenters. The highest BCUT2D eigenvalue weighted by atomic mass is 16.7. The molecule has 1 heterocycles. The second-order valence-electron chi connectivity index (χ2n) is 8.42. The lowest BCUT2D eigenvalue weighted by atomic mass is 9.92. The first-order valence-corrected chi connectivity index (χ1v) is 10.5. The quantitative estimate of drug-likeness (QED) is 0.592. The Morgan fingerprint density at radius 1 is 0.938 bits per heavy atom. The third-order valence-electron chi connectivity index (χ3n) is 6.46. The van der Waals surface area contributed by atoms with E-state index in [0.717, 1.165) is 35.1 Å². The molecule has 6 nitrogen and oxygen atoms in total. The molecular weight excluding hydrogens is 406 g/mol. The van der Waals surface area contributed by atoms with Crippen LogP contribution in [0.1, 0.15) is 39.9 Å². The van der Waals surface area contributed by atoms with E-state index in [1.165, 1.54) is 0 Å². The summed E-state index contributed by atoms with van der Waals surface area (Å²) in [5.41, 5.74) is 4.77. The fourth-order valence-corrected chi connectivity index (χ4v) is 4.37. The summed E-state index contributed by atoms with van der Waals surface area (Å²) in [6.45, 7) is 3.98. The van der Waals surface area contributed by atoms with Crippen LogP contribution in [0.15, 0.2) is 54.6 Å². The van der Waals surface area contributed by atoms with Gasteiger partial charge >= 0.3 is 5.97 Å². The van der Waals surface area contributed by atoms with Crippen molar-refractivity contribution in [3.8, 4) is 22.6 Å². The Morgan fingerprint density at radius 3 is 2.47 bits per heavy atom. The number of anilines is 1. The van der Waals surface area contributed by atoms with E-state index in [1.807, 2.05) is 56.3 Å². The van der Waals surface area contributed by atoms with Crippen LogP contribution in [0, 0.1) is 13.8 Å². The van der Waals surface area contributed by atoms with Gasteiger partial charge in [-0.2, -0.15) is 0 Å². The minimum atomic E-state index is -0.953. The molecule has 0 bridgehead atoms. The fourth-order valence-electron chi connectivity index (χ4n) is 4.37. The Hall–Kier alpha value is -3.80. The number of carboxylic acid groups (broad SMARTS) is 1. The predicted octanol–water partition coefficient (Wildman–Crippen LogP) is 5.07. The number of carbonyl (C=O) groups is 2. The average molecular weight is 429 g/mol. The molecule has 3 aromatic carbocycles. The standard InChI is InChI=1S/C26H23NO5/c1-15-6-8-18(13-21(15)19-4-3-5-20(16(19)2)24(28)29)27-25(30)26(10-11-26)17-7-9-22-23(12-17)32-14-31-22/h3-9,12-13H,10-11,14H2,1-2H3,(H,27,30)(H,28,29). The molecule has 1 aliphatic carbocycles. The van der Waals surface area contributed by atoms with Gasteiger partial charge in [0.2, 0.25) is 12.7 Å². The minimum Gasteiger partial charge on any atom is -0.478 e. The summed E-state index contributed by atoms with van der Waals surface area (Å²) < 4.78 is 10.9. The zero-order valence-electron chi connectivity index (χ0n) is 17.9. The van der Waals surface area contributed by atoms with Gasteiger partial charge in [-0.1, -0.05) is 24.3 Å². The number of fused-ring (bicyclic) bond motifs is 1. The molecule has 0 saturated heterocycles. The SMILES string of the molecule is Cc1ccc(NC(=O)C2(c3ccc4c(c3)OCO4)CC2)cc1-c1cccc(C(=O)O)c1C. The smallest absolute Gasteiger partial charge is 0.335 e. The summed E-state index contributed by atoms with van der Waals surface area (Å²) in [6, 6.07) is 16.7. The lowest BCUT2D eigenvalue weighted by molar-refractivity contribution is -0.118. The number of rotatable bonds is 5. The maximum atomic E-state index is 13.3. The van der Waals surface area contributed by atoms with Gasteiger partial charge in [0.15, 0.2) is 11.5 Å². The summed E-state index contributed by atoms with van der Waals surface area (Å²) in [7, 11) is 0. The number of hydrogen-bond donors (Lipinski definition) is 2. The Kier molecular flexibility index (Phi) is 4.66. The highest BCUT2D eigenvalue weighted by Gasteiger charge is 2.51. The van der Waals surface area contributed by atoms with E-state index in [9.17, 15) is 14.7 Å². The largest absolute Gasteiger partial charge is 0.478 e. The molecule has 2 N–H and O–H groups in total. The zero-order valence-corrected chi connectivity index (χ0v) is 17.9. The molecule has 1 fully saturated rings. The molecule has 1 aliphatic heterocycles. The van der Waals surface area contributed by atoms with Crippen molar-refractivity contribution in [1.82, 2.24) is 0 Å². The van der Waals surface area contributed by atoms with Gasteiger partial charge in [0.1, 0.15) is 0 Å². The van der Waals surface area contributed by atoms with Crippen LogP contribution in [0.3, 0.4) is 0 Å². The van der Waals surface area contributed by atoms with Gasteiger partial charge in [0, 0.05) is 5.69 Å². The molecule has 1 saturated carbocycles. The van der Waals surface area contributed by atoms with E-state index in [4.69, 9.17) is 9.47 Å². The van der Waals surface area contributed by atoms with Crippen molar-refractivity contribution in [2.45, 2.75) is 32.1 Å². The summed E-state index contributed by atoms with van der Waals surface area (Å²) in [4.78, 5) is 24.8. The lowest BCUT2D eigenvalue weighted by Gasteiger charge is -2.18. The number of benzene rings is 3. The third-order valence-corrected chi connectivity index (χ3v) is 6.46. The van der Waals surface area contributed by atoms with Crippen molar-refractivity contribution in [3.05, 3.63) is 76.9 Å². The van der Waals surface area contributed by atoms with Crippen LogP contribution < -0.4 is 14.8 Å². The summed E-state index contributed by atoms with van der Waals surface area (Å²) in [6.07, 6.45) is 1.55. The number of amides is 1. The first kappa shape index (κ1) is 20.1. The van der Waals surface area contributed by atoms with Gasteiger partial charge in [-0.05, 0) is 84.8 Å². The molecule has 0 spiro atoms. The van der Waals surface area contributed by atoms with Crippen molar-refractivity contribution in [1.29, 1.82) is 0 Å². The van der Waals surface area contributed by atoms with Gasteiger partial charge in [0.25, 0.3) is 0 Å².